The lowest BCUT2D eigenvalue weighted by molar-refractivity contribution is -0.124. The Balaban J connectivity index is 1.60. The maximum Gasteiger partial charge on any atom is 0.220 e. The van der Waals surface area contributed by atoms with Crippen molar-refractivity contribution in [2.75, 3.05) is 6.54 Å². The van der Waals surface area contributed by atoms with E-state index in [0.29, 0.717) is 12.1 Å². The van der Waals surface area contributed by atoms with Crippen molar-refractivity contribution in [1.82, 2.24) is 10.3 Å². The van der Waals surface area contributed by atoms with Crippen LogP contribution in [-0.4, -0.2) is 23.2 Å². The third kappa shape index (κ3) is 4.26. The molecule has 1 N–H and O–H groups in total. The number of aromatic nitrogens is 1. The number of hydrogen-bond donors (Lipinski definition) is 1. The first-order valence-electron chi connectivity index (χ1n) is 8.11. The van der Waals surface area contributed by atoms with Crippen LogP contribution in [0.4, 0.5) is 8.78 Å². The van der Waals surface area contributed by atoms with Gasteiger partial charge in [0.2, 0.25) is 5.91 Å². The molecule has 2 aromatic rings. The molecule has 1 aromatic heterocycles. The number of nitrogens with zero attached hydrogens (tertiary/aromatic N) is 1. The average Bonchev–Trinajstić information content (AvgIpc) is 3.32. The van der Waals surface area contributed by atoms with Crippen molar-refractivity contribution in [3.63, 3.8) is 0 Å². The number of pyridine rings is 1. The first-order chi connectivity index (χ1) is 11.9. The Labute approximate surface area is 144 Å². The van der Waals surface area contributed by atoms with Crippen LogP contribution in [0, 0.1) is 17.6 Å². The molecule has 2 atom stereocenters. The molecule has 1 aromatic carbocycles. The van der Waals surface area contributed by atoms with Gasteiger partial charge in [-0.25, -0.2) is 8.78 Å². The van der Waals surface area contributed by atoms with Crippen molar-refractivity contribution in [3.05, 3.63) is 53.7 Å². The number of carbonyl (C=O) groups excluding carboxylic acids is 2. The first kappa shape index (κ1) is 17.2. The maximum atomic E-state index is 13.8. The van der Waals surface area contributed by atoms with E-state index < -0.39 is 11.6 Å². The molecule has 1 aliphatic carbocycles. The highest BCUT2D eigenvalue weighted by atomic mass is 19.1. The number of nitrogens with one attached hydrogen (secondary N) is 1. The summed E-state index contributed by atoms with van der Waals surface area (Å²) in [5.74, 6) is -0.979. The van der Waals surface area contributed by atoms with E-state index in [1.165, 1.54) is 19.1 Å². The highest BCUT2D eigenvalue weighted by Crippen LogP contribution is 2.49. The number of carbonyl (C=O) groups is 2. The normalized spacial score (nSPS) is 18.7. The van der Waals surface area contributed by atoms with Crippen molar-refractivity contribution in [3.8, 4) is 11.3 Å². The predicted molar refractivity (Wildman–Crippen MR) is 88.7 cm³/mol. The van der Waals surface area contributed by atoms with Crippen molar-refractivity contribution in [1.29, 1.82) is 0 Å². The number of ketones is 1. The Morgan fingerprint density at radius 2 is 2.04 bits per heavy atom. The minimum Gasteiger partial charge on any atom is -0.349 e. The largest absolute Gasteiger partial charge is 0.349 e. The SMILES string of the molecule is CC(=O)CNC(=O)C[C@@H]1C[C@H]1c1ccc(-c2ccc(F)cc2F)nc1. The van der Waals surface area contributed by atoms with Gasteiger partial charge in [-0.05, 0) is 48.9 Å². The van der Waals surface area contributed by atoms with Crippen LogP contribution < -0.4 is 5.32 Å². The minimum absolute atomic E-state index is 0.0652. The monoisotopic (exact) mass is 344 g/mol. The van der Waals surface area contributed by atoms with Gasteiger partial charge < -0.3 is 5.32 Å². The van der Waals surface area contributed by atoms with Crippen LogP contribution in [0.5, 0.6) is 0 Å². The van der Waals surface area contributed by atoms with Gasteiger partial charge in [0.15, 0.2) is 0 Å². The van der Waals surface area contributed by atoms with Gasteiger partial charge in [0.05, 0.1) is 12.2 Å². The lowest BCUT2D eigenvalue weighted by atomic mass is 10.1. The zero-order chi connectivity index (χ0) is 18.0. The fourth-order valence-corrected chi connectivity index (χ4v) is 2.90. The van der Waals surface area contributed by atoms with Gasteiger partial charge in [0, 0.05) is 24.2 Å². The molecule has 25 heavy (non-hydrogen) atoms. The number of rotatable bonds is 6. The Morgan fingerprint density at radius 3 is 2.68 bits per heavy atom. The summed E-state index contributed by atoms with van der Waals surface area (Å²) < 4.78 is 26.8. The average molecular weight is 344 g/mol. The molecule has 1 amide bonds. The number of amides is 1. The van der Waals surface area contributed by atoms with Crippen LogP contribution in [0.3, 0.4) is 0 Å². The molecule has 3 rings (SSSR count). The van der Waals surface area contributed by atoms with E-state index in [9.17, 15) is 18.4 Å². The maximum absolute atomic E-state index is 13.8. The van der Waals surface area contributed by atoms with Crippen molar-refractivity contribution in [2.45, 2.75) is 25.7 Å². The van der Waals surface area contributed by atoms with Crippen LogP contribution >= 0.6 is 0 Å². The molecule has 130 valence electrons. The van der Waals surface area contributed by atoms with Crippen LogP contribution in [-0.2, 0) is 9.59 Å². The molecule has 1 aliphatic rings. The van der Waals surface area contributed by atoms with E-state index >= 15 is 0 Å². The zero-order valence-electron chi connectivity index (χ0n) is 13.8. The molecule has 1 fully saturated rings. The fraction of sp³-hybridized carbons (Fsp3) is 0.316. The van der Waals surface area contributed by atoms with Crippen LogP contribution in [0.1, 0.15) is 31.2 Å². The molecule has 0 bridgehead atoms. The summed E-state index contributed by atoms with van der Waals surface area (Å²) in [4.78, 5) is 26.9. The molecule has 0 unspecified atom stereocenters. The van der Waals surface area contributed by atoms with Gasteiger partial charge in [0.1, 0.15) is 17.4 Å². The van der Waals surface area contributed by atoms with Gasteiger partial charge >= 0.3 is 0 Å². The fourth-order valence-electron chi connectivity index (χ4n) is 2.90. The molecule has 6 heteroatoms. The smallest absolute Gasteiger partial charge is 0.220 e. The van der Waals surface area contributed by atoms with Crippen LogP contribution in [0.15, 0.2) is 36.5 Å². The summed E-state index contributed by atoms with van der Waals surface area (Å²) in [5.41, 5.74) is 1.69. The Morgan fingerprint density at radius 1 is 1.24 bits per heavy atom. The number of Topliss-reactive ketones (excluding diaryl/α,β-unsaturated/α-hetero) is 1. The van der Waals surface area contributed by atoms with E-state index in [1.807, 2.05) is 6.07 Å². The standard InChI is InChI=1S/C19H18F2N2O2/c1-11(24)9-23-19(25)7-13-6-16(13)12-2-5-18(22-10-12)15-4-3-14(20)8-17(15)21/h2-5,8,10,13,16H,6-7,9H2,1H3,(H,23,25)/t13-,16-/m0/s1. The number of halogens is 2. The zero-order valence-corrected chi connectivity index (χ0v) is 13.8. The summed E-state index contributed by atoms with van der Waals surface area (Å²) in [6, 6.07) is 6.97. The molecule has 0 radical (unpaired) electrons. The number of hydrogen-bond acceptors (Lipinski definition) is 3. The van der Waals surface area contributed by atoms with Gasteiger partial charge in [-0.2, -0.15) is 0 Å². The van der Waals surface area contributed by atoms with Crippen molar-refractivity contribution < 1.29 is 18.4 Å². The summed E-state index contributed by atoms with van der Waals surface area (Å²) in [7, 11) is 0. The Bertz CT molecular complexity index is 806. The van der Waals surface area contributed by atoms with Gasteiger partial charge in [-0.15, -0.1) is 0 Å². The second kappa shape index (κ2) is 7.09. The van der Waals surface area contributed by atoms with Crippen LogP contribution in [0.25, 0.3) is 11.3 Å². The summed E-state index contributed by atoms with van der Waals surface area (Å²) in [6.45, 7) is 1.49. The molecule has 0 spiro atoms. The number of benzene rings is 1. The van der Waals surface area contributed by atoms with E-state index in [4.69, 9.17) is 0 Å². The molecule has 0 saturated heterocycles. The second-order valence-electron chi connectivity index (χ2n) is 6.39. The van der Waals surface area contributed by atoms with Crippen LogP contribution in [0.2, 0.25) is 0 Å². The topological polar surface area (TPSA) is 59.1 Å². The third-order valence-electron chi connectivity index (χ3n) is 4.33. The van der Waals surface area contributed by atoms with Crippen molar-refractivity contribution in [2.24, 2.45) is 5.92 Å². The predicted octanol–water partition coefficient (Wildman–Crippen LogP) is 3.23. The summed E-state index contributed by atoms with van der Waals surface area (Å²) in [6.07, 6.45) is 2.95. The summed E-state index contributed by atoms with van der Waals surface area (Å²) in [5, 5.41) is 2.59. The van der Waals surface area contributed by atoms with E-state index in [2.05, 4.69) is 10.3 Å². The second-order valence-corrected chi connectivity index (χ2v) is 6.39. The van der Waals surface area contributed by atoms with E-state index in [1.54, 1.807) is 12.3 Å². The van der Waals surface area contributed by atoms with Gasteiger partial charge in [-0.1, -0.05) is 6.07 Å². The molecular formula is C19H18F2N2O2. The van der Waals surface area contributed by atoms with Crippen molar-refractivity contribution >= 4 is 11.7 Å². The molecule has 1 saturated carbocycles. The Kier molecular flexibility index (Phi) is 4.88. The third-order valence-corrected chi connectivity index (χ3v) is 4.33. The van der Waals surface area contributed by atoms with Gasteiger partial charge in [-0.3, -0.25) is 14.6 Å². The molecule has 0 aliphatic heterocycles. The quantitative estimate of drug-likeness (QED) is 0.875. The molecular weight excluding hydrogens is 326 g/mol. The lowest BCUT2D eigenvalue weighted by Crippen LogP contribution is -2.28. The van der Waals surface area contributed by atoms with E-state index in [-0.39, 0.29) is 35.6 Å². The molecule has 1 heterocycles. The van der Waals surface area contributed by atoms with E-state index in [0.717, 1.165) is 18.1 Å². The first-order valence-corrected chi connectivity index (χ1v) is 8.11. The highest BCUT2D eigenvalue weighted by molar-refractivity contribution is 5.84. The van der Waals surface area contributed by atoms with Gasteiger partial charge in [0.25, 0.3) is 0 Å². The Hall–Kier alpha value is -2.63. The highest BCUT2D eigenvalue weighted by Gasteiger charge is 2.39. The molecule has 4 nitrogen and oxygen atoms in total. The lowest BCUT2D eigenvalue weighted by Gasteiger charge is -2.05. The summed E-state index contributed by atoms with van der Waals surface area (Å²) >= 11 is 0. The minimum atomic E-state index is -0.647.